The Morgan fingerprint density at radius 2 is 1.40 bits per heavy atom. The molecule has 1 aliphatic rings. The van der Waals surface area contributed by atoms with Crippen LogP contribution in [0.3, 0.4) is 0 Å². The minimum absolute atomic E-state index is 0.201. The third kappa shape index (κ3) is 5.14. The number of unbranched alkanes of at least 4 members (excludes halogenated alkanes) is 2. The van der Waals surface area contributed by atoms with Crippen LogP contribution in [-0.2, 0) is 9.59 Å². The van der Waals surface area contributed by atoms with E-state index in [1.54, 1.807) is 0 Å². The predicted octanol–water partition coefficient (Wildman–Crippen LogP) is 2.77. The quantitative estimate of drug-likeness (QED) is 0.605. The Labute approximate surface area is 123 Å². The van der Waals surface area contributed by atoms with E-state index in [-0.39, 0.29) is 17.5 Å². The maximum Gasteiger partial charge on any atom is 0.207 e. The molecule has 2 amide bonds. The molecule has 1 aliphatic carbocycles. The number of hydrogen-bond donors (Lipinski definition) is 2. The van der Waals surface area contributed by atoms with Crippen LogP contribution >= 0.6 is 0 Å². The molecule has 0 aromatic carbocycles. The van der Waals surface area contributed by atoms with Crippen LogP contribution in [0, 0.1) is 5.41 Å². The molecule has 1 fully saturated rings. The van der Waals surface area contributed by atoms with E-state index >= 15 is 0 Å². The molecule has 0 aromatic heterocycles. The third-order valence-corrected chi connectivity index (χ3v) is 4.66. The van der Waals surface area contributed by atoms with Crippen molar-refractivity contribution in [2.45, 2.75) is 83.7 Å². The van der Waals surface area contributed by atoms with Crippen LogP contribution in [0.15, 0.2) is 0 Å². The van der Waals surface area contributed by atoms with Crippen LogP contribution in [0.4, 0.5) is 0 Å². The summed E-state index contributed by atoms with van der Waals surface area (Å²) < 4.78 is 0. The number of amides is 2. The Morgan fingerprint density at radius 3 is 1.75 bits per heavy atom. The molecule has 0 radical (unpaired) electrons. The predicted molar refractivity (Wildman–Crippen MR) is 81.3 cm³/mol. The Bertz CT molecular complexity index is 266. The first-order chi connectivity index (χ1) is 9.69. The van der Waals surface area contributed by atoms with Crippen molar-refractivity contribution in [1.29, 1.82) is 0 Å². The fourth-order valence-corrected chi connectivity index (χ4v) is 3.72. The van der Waals surface area contributed by atoms with E-state index < -0.39 is 0 Å². The van der Waals surface area contributed by atoms with Gasteiger partial charge in [0.15, 0.2) is 0 Å². The molecule has 2 unspecified atom stereocenters. The highest BCUT2D eigenvalue weighted by molar-refractivity contribution is 5.48. The number of carbonyl (C=O) groups is 2. The summed E-state index contributed by atoms with van der Waals surface area (Å²) in [5.41, 5.74) is 0.283. The molecule has 20 heavy (non-hydrogen) atoms. The summed E-state index contributed by atoms with van der Waals surface area (Å²) >= 11 is 0. The zero-order valence-corrected chi connectivity index (χ0v) is 13.0. The monoisotopic (exact) mass is 282 g/mol. The highest BCUT2D eigenvalue weighted by Gasteiger charge is 2.39. The van der Waals surface area contributed by atoms with Crippen molar-refractivity contribution in [2.75, 3.05) is 0 Å². The summed E-state index contributed by atoms with van der Waals surface area (Å²) in [4.78, 5) is 21.6. The van der Waals surface area contributed by atoms with Gasteiger partial charge in [-0.3, -0.25) is 9.59 Å². The lowest BCUT2D eigenvalue weighted by Gasteiger charge is -2.45. The highest BCUT2D eigenvalue weighted by atomic mass is 16.1. The van der Waals surface area contributed by atoms with E-state index in [0.29, 0.717) is 0 Å². The van der Waals surface area contributed by atoms with Crippen molar-refractivity contribution in [3.63, 3.8) is 0 Å². The maximum absolute atomic E-state index is 10.8. The molecule has 0 aromatic rings. The smallest absolute Gasteiger partial charge is 0.207 e. The van der Waals surface area contributed by atoms with Crippen molar-refractivity contribution in [3.8, 4) is 0 Å². The van der Waals surface area contributed by atoms with Gasteiger partial charge < -0.3 is 10.6 Å². The molecule has 0 heterocycles. The van der Waals surface area contributed by atoms with Gasteiger partial charge in [-0.05, 0) is 37.5 Å². The van der Waals surface area contributed by atoms with Gasteiger partial charge in [-0.1, -0.05) is 39.5 Å². The molecule has 1 saturated carbocycles. The second-order valence-corrected chi connectivity index (χ2v) is 6.31. The standard InChI is InChI=1S/C16H30N2O2/c1-3-5-7-16(8-6-4-2)10-14(17-12-19)9-15(11-16)18-13-20/h12-15H,3-11H2,1-2H3,(H,17,19)(H,18,20). The van der Waals surface area contributed by atoms with Gasteiger partial charge in [0.25, 0.3) is 0 Å². The number of carbonyl (C=O) groups excluding carboxylic acids is 2. The van der Waals surface area contributed by atoms with Crippen LogP contribution in [0.25, 0.3) is 0 Å². The summed E-state index contributed by atoms with van der Waals surface area (Å²) in [6.45, 7) is 4.44. The Morgan fingerprint density at radius 1 is 0.950 bits per heavy atom. The first kappa shape index (κ1) is 17.0. The molecule has 2 N–H and O–H groups in total. The van der Waals surface area contributed by atoms with Crippen LogP contribution in [0.2, 0.25) is 0 Å². The van der Waals surface area contributed by atoms with Crippen LogP contribution < -0.4 is 10.6 Å². The first-order valence-electron chi connectivity index (χ1n) is 8.09. The van der Waals surface area contributed by atoms with Gasteiger partial charge in [-0.2, -0.15) is 0 Å². The van der Waals surface area contributed by atoms with Crippen molar-refractivity contribution in [2.24, 2.45) is 5.41 Å². The third-order valence-electron chi connectivity index (χ3n) is 4.66. The number of rotatable bonds is 10. The fraction of sp³-hybridized carbons (Fsp3) is 0.875. The van der Waals surface area contributed by atoms with Gasteiger partial charge in [0.1, 0.15) is 0 Å². The molecule has 1 rings (SSSR count). The van der Waals surface area contributed by atoms with E-state index in [1.165, 1.54) is 38.5 Å². The van der Waals surface area contributed by atoms with Gasteiger partial charge in [0.05, 0.1) is 0 Å². The summed E-state index contributed by atoms with van der Waals surface area (Å²) in [6, 6.07) is 0.403. The van der Waals surface area contributed by atoms with Gasteiger partial charge in [0, 0.05) is 12.1 Å². The minimum Gasteiger partial charge on any atom is -0.356 e. The van der Waals surface area contributed by atoms with Crippen LogP contribution in [-0.4, -0.2) is 24.9 Å². The molecule has 0 bridgehead atoms. The molecule has 116 valence electrons. The van der Waals surface area contributed by atoms with Crippen molar-refractivity contribution >= 4 is 12.8 Å². The van der Waals surface area contributed by atoms with Gasteiger partial charge in [-0.25, -0.2) is 0 Å². The average Bonchev–Trinajstić information content (AvgIpc) is 2.44. The van der Waals surface area contributed by atoms with Gasteiger partial charge in [0.2, 0.25) is 12.8 Å². The first-order valence-corrected chi connectivity index (χ1v) is 8.09. The van der Waals surface area contributed by atoms with E-state index in [9.17, 15) is 9.59 Å². The van der Waals surface area contributed by atoms with Crippen LogP contribution in [0.1, 0.15) is 71.6 Å². The zero-order valence-electron chi connectivity index (χ0n) is 13.0. The topological polar surface area (TPSA) is 58.2 Å². The molecule has 4 nitrogen and oxygen atoms in total. The maximum atomic E-state index is 10.8. The highest BCUT2D eigenvalue weighted by Crippen LogP contribution is 2.44. The second-order valence-electron chi connectivity index (χ2n) is 6.31. The summed E-state index contributed by atoms with van der Waals surface area (Å²) in [6.07, 6.45) is 11.8. The summed E-state index contributed by atoms with van der Waals surface area (Å²) in [7, 11) is 0. The lowest BCUT2D eigenvalue weighted by molar-refractivity contribution is -0.111. The van der Waals surface area contributed by atoms with E-state index in [2.05, 4.69) is 24.5 Å². The molecule has 0 spiro atoms. The zero-order chi connectivity index (χ0) is 14.8. The number of nitrogens with one attached hydrogen (secondary N) is 2. The summed E-state index contributed by atoms with van der Waals surface area (Å²) in [5.74, 6) is 0. The molecule has 4 heteroatoms. The lowest BCUT2D eigenvalue weighted by atomic mass is 9.65. The van der Waals surface area contributed by atoms with E-state index in [0.717, 1.165) is 32.1 Å². The average molecular weight is 282 g/mol. The minimum atomic E-state index is 0.201. The van der Waals surface area contributed by atoms with Crippen molar-refractivity contribution in [3.05, 3.63) is 0 Å². The van der Waals surface area contributed by atoms with Crippen molar-refractivity contribution < 1.29 is 9.59 Å². The molecular weight excluding hydrogens is 252 g/mol. The summed E-state index contributed by atoms with van der Waals surface area (Å²) in [5, 5.41) is 5.89. The molecule has 0 aliphatic heterocycles. The lowest BCUT2D eigenvalue weighted by Crippen LogP contribution is -2.49. The normalized spacial score (nSPS) is 24.9. The molecule has 0 saturated heterocycles. The van der Waals surface area contributed by atoms with E-state index in [1.807, 2.05) is 0 Å². The van der Waals surface area contributed by atoms with Crippen LogP contribution in [0.5, 0.6) is 0 Å². The van der Waals surface area contributed by atoms with Gasteiger partial charge in [-0.15, -0.1) is 0 Å². The SMILES string of the molecule is CCCCC1(CCCC)CC(NC=O)CC(NC=O)C1. The fourth-order valence-electron chi connectivity index (χ4n) is 3.72. The van der Waals surface area contributed by atoms with Gasteiger partial charge >= 0.3 is 0 Å². The molecular formula is C16H30N2O2. The Hall–Kier alpha value is -1.06. The number of hydrogen-bond acceptors (Lipinski definition) is 2. The molecule has 2 atom stereocenters. The Balaban J connectivity index is 2.79. The van der Waals surface area contributed by atoms with Crippen molar-refractivity contribution in [1.82, 2.24) is 10.6 Å². The van der Waals surface area contributed by atoms with E-state index in [4.69, 9.17) is 0 Å². The largest absolute Gasteiger partial charge is 0.356 e. The Kier molecular flexibility index (Phi) is 7.63. The second kappa shape index (κ2) is 8.98.